The first kappa shape index (κ1) is 17.7. The number of aromatic nitrogens is 2. The number of methoxy groups -OCH3 is 1. The first-order chi connectivity index (χ1) is 13.2. The number of thiazole rings is 1. The van der Waals surface area contributed by atoms with Gasteiger partial charge in [0.1, 0.15) is 10.8 Å². The average Bonchev–Trinajstić information content (AvgIpc) is 3.45. The smallest absolute Gasteiger partial charge is 0.229 e. The Balaban J connectivity index is 1.44. The molecule has 0 atom stereocenters. The Bertz CT molecular complexity index is 905. The molecule has 2 heterocycles. The maximum absolute atomic E-state index is 12.9. The topological polar surface area (TPSA) is 55.3 Å². The van der Waals surface area contributed by atoms with Crippen LogP contribution in [0.15, 0.2) is 54.2 Å². The summed E-state index contributed by atoms with van der Waals surface area (Å²) < 4.78 is 5.21. The lowest BCUT2D eigenvalue weighted by atomic mass is 10.2. The number of benzene rings is 1. The van der Waals surface area contributed by atoms with Crippen LogP contribution in [0.4, 0.5) is 0 Å². The molecule has 0 unspecified atom stereocenters. The van der Waals surface area contributed by atoms with E-state index in [-0.39, 0.29) is 5.91 Å². The Morgan fingerprint density at radius 2 is 2.07 bits per heavy atom. The summed E-state index contributed by atoms with van der Waals surface area (Å²) in [6.07, 6.45) is 6.04. The SMILES string of the molecule is COc1ccc(CN(C(=O)Cc2csc(-c3cccnc3)n2)C2CC2)cc1. The molecule has 1 aromatic carbocycles. The van der Waals surface area contributed by atoms with Gasteiger partial charge in [0.25, 0.3) is 0 Å². The molecule has 0 saturated heterocycles. The molecule has 27 heavy (non-hydrogen) atoms. The van der Waals surface area contributed by atoms with Gasteiger partial charge in [-0.05, 0) is 42.7 Å². The van der Waals surface area contributed by atoms with Crippen molar-refractivity contribution < 1.29 is 9.53 Å². The molecule has 2 aromatic heterocycles. The molecule has 1 fully saturated rings. The van der Waals surface area contributed by atoms with Crippen molar-refractivity contribution in [2.45, 2.75) is 31.8 Å². The van der Waals surface area contributed by atoms with Crippen LogP contribution in [0.5, 0.6) is 5.75 Å². The summed E-state index contributed by atoms with van der Waals surface area (Å²) in [5.41, 5.74) is 2.92. The third kappa shape index (κ3) is 4.34. The van der Waals surface area contributed by atoms with Gasteiger partial charge >= 0.3 is 0 Å². The van der Waals surface area contributed by atoms with E-state index in [1.807, 2.05) is 46.7 Å². The molecule has 0 N–H and O–H groups in total. The molecule has 5 nitrogen and oxygen atoms in total. The van der Waals surface area contributed by atoms with Crippen molar-refractivity contribution in [3.8, 4) is 16.3 Å². The fourth-order valence-electron chi connectivity index (χ4n) is 3.00. The van der Waals surface area contributed by atoms with Crippen LogP contribution in [0.2, 0.25) is 0 Å². The van der Waals surface area contributed by atoms with E-state index in [0.29, 0.717) is 19.0 Å². The highest BCUT2D eigenvalue weighted by atomic mass is 32.1. The van der Waals surface area contributed by atoms with Gasteiger partial charge in [-0.1, -0.05) is 12.1 Å². The van der Waals surface area contributed by atoms with E-state index in [2.05, 4.69) is 9.97 Å². The van der Waals surface area contributed by atoms with E-state index in [1.165, 1.54) is 0 Å². The monoisotopic (exact) mass is 379 g/mol. The summed E-state index contributed by atoms with van der Waals surface area (Å²) in [5, 5.41) is 2.87. The second kappa shape index (κ2) is 7.88. The van der Waals surface area contributed by atoms with Crippen LogP contribution >= 0.6 is 11.3 Å². The lowest BCUT2D eigenvalue weighted by Gasteiger charge is -2.22. The number of carbonyl (C=O) groups is 1. The molecule has 0 radical (unpaired) electrons. The van der Waals surface area contributed by atoms with Gasteiger partial charge in [0.15, 0.2) is 0 Å². The van der Waals surface area contributed by atoms with E-state index in [1.54, 1.807) is 30.8 Å². The summed E-state index contributed by atoms with van der Waals surface area (Å²) in [5.74, 6) is 0.963. The molecule has 1 amide bonds. The van der Waals surface area contributed by atoms with E-state index >= 15 is 0 Å². The largest absolute Gasteiger partial charge is 0.497 e. The fourth-order valence-corrected chi connectivity index (χ4v) is 3.81. The normalized spacial score (nSPS) is 13.4. The van der Waals surface area contributed by atoms with Crippen molar-refractivity contribution in [2.75, 3.05) is 7.11 Å². The summed E-state index contributed by atoms with van der Waals surface area (Å²) in [6.45, 7) is 0.632. The van der Waals surface area contributed by atoms with Crippen molar-refractivity contribution in [3.05, 3.63) is 65.4 Å². The van der Waals surface area contributed by atoms with E-state index < -0.39 is 0 Å². The Morgan fingerprint density at radius 3 is 2.74 bits per heavy atom. The van der Waals surface area contributed by atoms with Gasteiger partial charge in [-0.15, -0.1) is 11.3 Å². The summed E-state index contributed by atoms with van der Waals surface area (Å²) in [4.78, 5) is 23.7. The minimum atomic E-state index is 0.136. The van der Waals surface area contributed by atoms with Crippen LogP contribution in [0.3, 0.4) is 0 Å². The molecular weight excluding hydrogens is 358 g/mol. The van der Waals surface area contributed by atoms with Crippen LogP contribution in [0.25, 0.3) is 10.6 Å². The van der Waals surface area contributed by atoms with Gasteiger partial charge in [-0.3, -0.25) is 9.78 Å². The van der Waals surface area contributed by atoms with Crippen molar-refractivity contribution in [1.82, 2.24) is 14.9 Å². The summed E-state index contributed by atoms with van der Waals surface area (Å²) in [7, 11) is 1.66. The number of rotatable bonds is 7. The number of pyridine rings is 1. The summed E-state index contributed by atoms with van der Waals surface area (Å²) in [6, 6.07) is 12.1. The molecule has 6 heteroatoms. The van der Waals surface area contributed by atoms with Gasteiger partial charge in [0.2, 0.25) is 5.91 Å². The van der Waals surface area contributed by atoms with Gasteiger partial charge in [0, 0.05) is 35.9 Å². The molecule has 1 aliphatic rings. The Labute approximate surface area is 162 Å². The molecule has 4 rings (SSSR count). The molecule has 0 bridgehead atoms. The molecule has 138 valence electrons. The number of hydrogen-bond acceptors (Lipinski definition) is 5. The highest BCUT2D eigenvalue weighted by molar-refractivity contribution is 7.13. The van der Waals surface area contributed by atoms with Crippen LogP contribution in [-0.2, 0) is 17.8 Å². The predicted molar refractivity (Wildman–Crippen MR) is 106 cm³/mol. The predicted octanol–water partition coefficient (Wildman–Crippen LogP) is 3.95. The number of carbonyl (C=O) groups excluding carboxylic acids is 1. The number of ether oxygens (including phenoxy) is 1. The molecular formula is C21H21N3O2S. The van der Waals surface area contributed by atoms with Crippen LogP contribution in [0, 0.1) is 0 Å². The minimum Gasteiger partial charge on any atom is -0.497 e. The van der Waals surface area contributed by atoms with Crippen molar-refractivity contribution in [3.63, 3.8) is 0 Å². The molecule has 0 aliphatic heterocycles. The van der Waals surface area contributed by atoms with E-state index in [9.17, 15) is 4.79 Å². The summed E-state index contributed by atoms with van der Waals surface area (Å²) >= 11 is 1.55. The highest BCUT2D eigenvalue weighted by Gasteiger charge is 2.32. The second-order valence-corrected chi connectivity index (χ2v) is 7.52. The van der Waals surface area contributed by atoms with Gasteiger partial charge in [0.05, 0.1) is 19.2 Å². The van der Waals surface area contributed by atoms with E-state index in [0.717, 1.165) is 40.4 Å². The quantitative estimate of drug-likeness (QED) is 0.624. The molecule has 1 aliphatic carbocycles. The van der Waals surface area contributed by atoms with Gasteiger partial charge < -0.3 is 9.64 Å². The zero-order chi connectivity index (χ0) is 18.6. The third-order valence-corrected chi connectivity index (χ3v) is 5.55. The first-order valence-corrected chi connectivity index (χ1v) is 9.88. The number of amides is 1. The first-order valence-electron chi connectivity index (χ1n) is 9.00. The minimum absolute atomic E-state index is 0.136. The maximum Gasteiger partial charge on any atom is 0.229 e. The second-order valence-electron chi connectivity index (χ2n) is 6.66. The van der Waals surface area contributed by atoms with Crippen LogP contribution in [0.1, 0.15) is 24.1 Å². The van der Waals surface area contributed by atoms with Crippen LogP contribution in [-0.4, -0.2) is 33.9 Å². The lowest BCUT2D eigenvalue weighted by molar-refractivity contribution is -0.131. The third-order valence-electron chi connectivity index (χ3n) is 4.61. The zero-order valence-corrected chi connectivity index (χ0v) is 16.0. The molecule has 3 aromatic rings. The van der Waals surface area contributed by atoms with Gasteiger partial charge in [-0.2, -0.15) is 0 Å². The lowest BCUT2D eigenvalue weighted by Crippen LogP contribution is -2.33. The fraction of sp³-hybridized carbons (Fsp3) is 0.286. The van der Waals surface area contributed by atoms with Crippen LogP contribution < -0.4 is 4.74 Å². The van der Waals surface area contributed by atoms with E-state index in [4.69, 9.17) is 4.74 Å². The van der Waals surface area contributed by atoms with Crippen molar-refractivity contribution in [2.24, 2.45) is 0 Å². The maximum atomic E-state index is 12.9. The molecule has 1 saturated carbocycles. The molecule has 0 spiro atoms. The Morgan fingerprint density at radius 1 is 1.26 bits per heavy atom. The Kier molecular flexibility index (Phi) is 5.16. The number of nitrogens with zero attached hydrogens (tertiary/aromatic N) is 3. The number of hydrogen-bond donors (Lipinski definition) is 0. The average molecular weight is 379 g/mol. The van der Waals surface area contributed by atoms with Crippen molar-refractivity contribution in [1.29, 1.82) is 0 Å². The van der Waals surface area contributed by atoms with Crippen molar-refractivity contribution >= 4 is 17.2 Å². The standard InChI is InChI=1S/C21H21N3O2S/c1-26-19-8-4-15(5-9-19)13-24(18-6-7-18)20(25)11-17-14-27-21(23-17)16-3-2-10-22-12-16/h2-5,8-10,12,14,18H,6-7,11,13H2,1H3. The Hall–Kier alpha value is -2.73. The highest BCUT2D eigenvalue weighted by Crippen LogP contribution is 2.30. The zero-order valence-electron chi connectivity index (χ0n) is 15.2. The van der Waals surface area contributed by atoms with Gasteiger partial charge in [-0.25, -0.2) is 4.98 Å².